The molecule has 1 fully saturated rings. The van der Waals surface area contributed by atoms with Crippen LogP contribution in [0.3, 0.4) is 0 Å². The van der Waals surface area contributed by atoms with Gasteiger partial charge in [0.15, 0.2) is 5.96 Å². The maximum atomic E-state index is 11.1. The zero-order valence-corrected chi connectivity index (χ0v) is 17.2. The lowest BCUT2D eigenvalue weighted by atomic mass is 10.1. The lowest BCUT2D eigenvalue weighted by molar-refractivity contribution is 0.0697. The summed E-state index contributed by atoms with van der Waals surface area (Å²) >= 11 is 0. The smallest absolute Gasteiger partial charge is 0.335 e. The lowest BCUT2D eigenvalue weighted by Crippen LogP contribution is -2.50. The molecule has 1 aliphatic rings. The summed E-state index contributed by atoms with van der Waals surface area (Å²) in [6.07, 6.45) is 0.544. The van der Waals surface area contributed by atoms with Crippen molar-refractivity contribution < 1.29 is 9.90 Å². The molecule has 0 bridgehead atoms. The lowest BCUT2D eigenvalue weighted by Gasteiger charge is -2.36. The molecular formula is C23H27N5O2. The van der Waals surface area contributed by atoms with E-state index in [0.717, 1.165) is 49.9 Å². The van der Waals surface area contributed by atoms with Gasteiger partial charge in [-0.25, -0.2) is 9.79 Å². The summed E-state index contributed by atoms with van der Waals surface area (Å²) in [5, 5.41) is 21.3. The average molecular weight is 406 g/mol. The molecule has 0 saturated carbocycles. The van der Waals surface area contributed by atoms with Gasteiger partial charge in [-0.1, -0.05) is 29.8 Å². The first-order valence-corrected chi connectivity index (χ1v) is 10.1. The Kier molecular flexibility index (Phi) is 7.41. The van der Waals surface area contributed by atoms with Gasteiger partial charge >= 0.3 is 5.97 Å². The number of hydrogen-bond donors (Lipinski definition) is 2. The molecule has 0 atom stereocenters. The Labute approximate surface area is 177 Å². The minimum absolute atomic E-state index is 0.254. The number of nitrogens with one attached hydrogen (secondary N) is 1. The molecular weight excluding hydrogens is 378 g/mol. The molecule has 7 heteroatoms. The highest BCUT2D eigenvalue weighted by Crippen LogP contribution is 2.13. The Morgan fingerprint density at radius 2 is 1.77 bits per heavy atom. The van der Waals surface area contributed by atoms with Crippen LogP contribution in [0.1, 0.15) is 27.9 Å². The van der Waals surface area contributed by atoms with Crippen LogP contribution in [0, 0.1) is 18.3 Å². The van der Waals surface area contributed by atoms with Crippen LogP contribution in [0.15, 0.2) is 53.5 Å². The second-order valence-electron chi connectivity index (χ2n) is 7.37. The highest BCUT2D eigenvalue weighted by atomic mass is 16.4. The highest BCUT2D eigenvalue weighted by molar-refractivity contribution is 5.94. The molecule has 1 saturated heterocycles. The third kappa shape index (κ3) is 6.06. The van der Waals surface area contributed by atoms with E-state index in [2.05, 4.69) is 52.4 Å². The fraction of sp³-hybridized carbons (Fsp3) is 0.348. The van der Waals surface area contributed by atoms with Crippen molar-refractivity contribution in [2.45, 2.75) is 19.9 Å². The van der Waals surface area contributed by atoms with E-state index in [9.17, 15) is 4.79 Å². The number of piperazine rings is 1. The molecule has 156 valence electrons. The predicted molar refractivity (Wildman–Crippen MR) is 118 cm³/mol. The van der Waals surface area contributed by atoms with E-state index in [1.54, 1.807) is 24.3 Å². The molecule has 2 aromatic rings. The van der Waals surface area contributed by atoms with Gasteiger partial charge in [0.1, 0.15) is 0 Å². The number of carboxylic acid groups (broad SMARTS) is 1. The van der Waals surface area contributed by atoms with Crippen LogP contribution in [0.25, 0.3) is 0 Å². The Morgan fingerprint density at radius 3 is 2.37 bits per heavy atom. The zero-order chi connectivity index (χ0) is 21.3. The van der Waals surface area contributed by atoms with Crippen LogP contribution in [0.5, 0.6) is 0 Å². The number of nitriles is 1. The number of benzene rings is 2. The normalized spacial score (nSPS) is 14.9. The minimum atomic E-state index is -0.941. The second kappa shape index (κ2) is 10.4. The Balaban J connectivity index is 1.72. The van der Waals surface area contributed by atoms with E-state index in [1.165, 1.54) is 5.56 Å². The monoisotopic (exact) mass is 405 g/mol. The van der Waals surface area contributed by atoms with Crippen LogP contribution >= 0.6 is 0 Å². The molecule has 0 radical (unpaired) electrons. The molecule has 1 aliphatic heterocycles. The number of aliphatic imine (C=N–C) groups is 1. The van der Waals surface area contributed by atoms with Gasteiger partial charge < -0.3 is 15.3 Å². The summed E-state index contributed by atoms with van der Waals surface area (Å²) in [6, 6.07) is 17.2. The van der Waals surface area contributed by atoms with Crippen molar-refractivity contribution in [2.24, 2.45) is 4.99 Å². The van der Waals surface area contributed by atoms with Gasteiger partial charge in [-0.2, -0.15) is 5.26 Å². The number of guanidine groups is 1. The van der Waals surface area contributed by atoms with Crippen molar-refractivity contribution in [2.75, 3.05) is 38.0 Å². The highest BCUT2D eigenvalue weighted by Gasteiger charge is 2.20. The van der Waals surface area contributed by atoms with Crippen LogP contribution in [0.2, 0.25) is 0 Å². The fourth-order valence-corrected chi connectivity index (χ4v) is 3.29. The largest absolute Gasteiger partial charge is 0.478 e. The van der Waals surface area contributed by atoms with Gasteiger partial charge in [0.25, 0.3) is 0 Å². The summed E-state index contributed by atoms with van der Waals surface area (Å²) < 4.78 is 0. The van der Waals surface area contributed by atoms with E-state index in [-0.39, 0.29) is 5.56 Å². The maximum absolute atomic E-state index is 11.1. The van der Waals surface area contributed by atoms with Crippen LogP contribution in [-0.4, -0.2) is 59.6 Å². The third-order valence-electron chi connectivity index (χ3n) is 5.13. The molecule has 0 amide bonds. The third-order valence-corrected chi connectivity index (χ3v) is 5.13. The standard InChI is InChI=1S/C23H27N5O2/c1-18-3-5-19(6-4-18)17-25-23(26-21-9-7-20(8-10-21)22(29)30)28-15-13-27(14-16-28)12-2-11-24/h3-10H,2,12-17H2,1H3,(H,25,26)(H,29,30). The molecule has 0 aromatic heterocycles. The van der Waals surface area contributed by atoms with Gasteiger partial charge in [-0.05, 0) is 36.8 Å². The number of aryl methyl sites for hydroxylation is 1. The van der Waals surface area contributed by atoms with Crippen molar-refractivity contribution in [3.05, 3.63) is 65.2 Å². The summed E-state index contributed by atoms with van der Waals surface area (Å²) in [5.74, 6) is -0.165. The van der Waals surface area contributed by atoms with Gasteiger partial charge in [-0.3, -0.25) is 4.90 Å². The summed E-state index contributed by atoms with van der Waals surface area (Å²) in [4.78, 5) is 20.4. The van der Waals surface area contributed by atoms with Gasteiger partial charge in [0.2, 0.25) is 0 Å². The number of carboxylic acids is 1. The Hall–Kier alpha value is -3.37. The first-order chi connectivity index (χ1) is 14.5. The summed E-state index contributed by atoms with van der Waals surface area (Å²) in [7, 11) is 0. The van der Waals surface area contributed by atoms with E-state index in [0.29, 0.717) is 13.0 Å². The van der Waals surface area contributed by atoms with E-state index in [4.69, 9.17) is 15.4 Å². The first-order valence-electron chi connectivity index (χ1n) is 10.1. The number of anilines is 1. The Bertz CT molecular complexity index is 908. The SMILES string of the molecule is Cc1ccc(CN=C(Nc2ccc(C(=O)O)cc2)N2CCN(CCC#N)CC2)cc1. The quantitative estimate of drug-likeness (QED) is 0.566. The number of rotatable bonds is 6. The molecule has 0 unspecified atom stereocenters. The first kappa shape index (κ1) is 21.3. The maximum Gasteiger partial charge on any atom is 0.335 e. The molecule has 30 heavy (non-hydrogen) atoms. The van der Waals surface area contributed by atoms with Crippen molar-refractivity contribution in [1.82, 2.24) is 9.80 Å². The predicted octanol–water partition coefficient (Wildman–Crippen LogP) is 3.19. The molecule has 3 rings (SSSR count). The van der Waals surface area contributed by atoms with Crippen LogP contribution in [-0.2, 0) is 6.54 Å². The minimum Gasteiger partial charge on any atom is -0.478 e. The number of hydrogen-bond acceptors (Lipinski definition) is 4. The topological polar surface area (TPSA) is 92.0 Å². The van der Waals surface area contributed by atoms with Crippen LogP contribution in [0.4, 0.5) is 5.69 Å². The molecule has 0 aliphatic carbocycles. The Morgan fingerprint density at radius 1 is 1.10 bits per heavy atom. The fourth-order valence-electron chi connectivity index (χ4n) is 3.29. The van der Waals surface area contributed by atoms with Gasteiger partial charge in [0.05, 0.1) is 18.2 Å². The van der Waals surface area contributed by atoms with E-state index in [1.807, 2.05) is 0 Å². The molecule has 2 aromatic carbocycles. The van der Waals surface area contributed by atoms with Crippen molar-refractivity contribution in [3.63, 3.8) is 0 Å². The number of aromatic carboxylic acids is 1. The summed E-state index contributed by atoms with van der Waals surface area (Å²) in [6.45, 7) is 6.81. The van der Waals surface area contributed by atoms with Crippen molar-refractivity contribution >= 4 is 17.6 Å². The van der Waals surface area contributed by atoms with Gasteiger partial charge in [-0.15, -0.1) is 0 Å². The van der Waals surface area contributed by atoms with E-state index >= 15 is 0 Å². The zero-order valence-electron chi connectivity index (χ0n) is 17.2. The number of nitrogens with zero attached hydrogens (tertiary/aromatic N) is 4. The second-order valence-corrected chi connectivity index (χ2v) is 7.37. The molecule has 2 N–H and O–H groups in total. The van der Waals surface area contributed by atoms with Crippen molar-refractivity contribution in [3.8, 4) is 6.07 Å². The van der Waals surface area contributed by atoms with Crippen LogP contribution < -0.4 is 5.32 Å². The molecule has 7 nitrogen and oxygen atoms in total. The van der Waals surface area contributed by atoms with Crippen molar-refractivity contribution in [1.29, 1.82) is 5.26 Å². The van der Waals surface area contributed by atoms with Gasteiger partial charge in [0, 0.05) is 44.8 Å². The van der Waals surface area contributed by atoms with E-state index < -0.39 is 5.97 Å². The molecule has 1 heterocycles. The summed E-state index contributed by atoms with van der Waals surface area (Å²) in [5.41, 5.74) is 3.40. The molecule has 0 spiro atoms. The number of carbonyl (C=O) groups is 1. The average Bonchev–Trinajstić information content (AvgIpc) is 2.77.